The zero-order valence-electron chi connectivity index (χ0n) is 14.5. The van der Waals surface area contributed by atoms with Crippen LogP contribution in [0.4, 0.5) is 17.6 Å². The highest BCUT2D eigenvalue weighted by molar-refractivity contribution is 5.80. The van der Waals surface area contributed by atoms with Crippen molar-refractivity contribution in [1.29, 1.82) is 0 Å². The van der Waals surface area contributed by atoms with E-state index in [4.69, 9.17) is 0 Å². The van der Waals surface area contributed by atoms with Gasteiger partial charge in [0, 0.05) is 49.2 Å². The third-order valence-electron chi connectivity index (χ3n) is 4.36. The fourth-order valence-electron chi connectivity index (χ4n) is 3.10. The van der Waals surface area contributed by atoms with Crippen LogP contribution in [0.5, 0.6) is 0 Å². The number of pyridine rings is 3. The number of nitrogens with zero attached hydrogens (tertiary/aromatic N) is 3. The highest BCUT2D eigenvalue weighted by atomic mass is 19.4. The molecule has 142 valence electrons. The Kier molecular flexibility index (Phi) is 4.54. The number of aromatic amines is 1. The van der Waals surface area contributed by atoms with E-state index in [2.05, 4.69) is 19.9 Å². The lowest BCUT2D eigenvalue weighted by Gasteiger charge is -2.07. The van der Waals surface area contributed by atoms with E-state index in [1.165, 1.54) is 6.07 Å². The normalized spacial score (nSPS) is 11.9. The summed E-state index contributed by atoms with van der Waals surface area (Å²) < 4.78 is 52.2. The third-order valence-corrected chi connectivity index (χ3v) is 4.36. The molecule has 0 unspecified atom stereocenters. The molecule has 4 rings (SSSR count). The average molecular weight is 386 g/mol. The van der Waals surface area contributed by atoms with Crippen molar-refractivity contribution in [2.24, 2.45) is 0 Å². The molecule has 0 saturated carbocycles. The van der Waals surface area contributed by atoms with Gasteiger partial charge in [-0.05, 0) is 34.4 Å². The Labute approximate surface area is 157 Å². The molecule has 4 nitrogen and oxygen atoms in total. The third kappa shape index (κ3) is 3.85. The van der Waals surface area contributed by atoms with Crippen LogP contribution in [0.3, 0.4) is 0 Å². The van der Waals surface area contributed by atoms with E-state index in [0.29, 0.717) is 35.0 Å². The molecule has 0 amide bonds. The Morgan fingerprint density at radius 3 is 2.21 bits per heavy atom. The lowest BCUT2D eigenvalue weighted by Crippen LogP contribution is -2.05. The minimum absolute atomic E-state index is 0.394. The molecule has 4 aromatic rings. The predicted molar refractivity (Wildman–Crippen MR) is 95.1 cm³/mol. The Hall–Kier alpha value is -3.29. The minimum Gasteiger partial charge on any atom is -0.346 e. The first-order chi connectivity index (χ1) is 13.4. The molecule has 0 atom stereocenters. The maximum absolute atomic E-state index is 13.3. The summed E-state index contributed by atoms with van der Waals surface area (Å²) in [4.78, 5) is 14.8. The highest BCUT2D eigenvalue weighted by Crippen LogP contribution is 2.31. The molecule has 0 fully saturated rings. The van der Waals surface area contributed by atoms with Crippen molar-refractivity contribution in [3.05, 3.63) is 89.0 Å². The van der Waals surface area contributed by atoms with Crippen LogP contribution in [0.15, 0.2) is 55.4 Å². The Morgan fingerprint density at radius 2 is 1.50 bits per heavy atom. The van der Waals surface area contributed by atoms with Crippen LogP contribution in [-0.4, -0.2) is 19.9 Å². The van der Waals surface area contributed by atoms with Gasteiger partial charge in [-0.1, -0.05) is 6.07 Å². The second-order valence-corrected chi connectivity index (χ2v) is 6.50. The molecule has 0 aliphatic rings. The summed E-state index contributed by atoms with van der Waals surface area (Å²) in [6, 6.07) is 4.41. The minimum atomic E-state index is -4.45. The SMILES string of the molecule is Fc1cncc(Cc2cncc(Cc3c[nH]c4ncc(C(F)(F)F)cc34)c2)c1. The van der Waals surface area contributed by atoms with Crippen molar-refractivity contribution in [1.82, 2.24) is 19.9 Å². The molecular formula is C20H14F4N4. The van der Waals surface area contributed by atoms with E-state index in [1.807, 2.05) is 6.07 Å². The summed E-state index contributed by atoms with van der Waals surface area (Å²) >= 11 is 0. The van der Waals surface area contributed by atoms with Crippen molar-refractivity contribution in [3.8, 4) is 0 Å². The molecule has 0 spiro atoms. The van der Waals surface area contributed by atoms with E-state index in [0.717, 1.165) is 29.6 Å². The molecule has 0 saturated heterocycles. The van der Waals surface area contributed by atoms with Crippen LogP contribution in [0, 0.1) is 5.82 Å². The summed E-state index contributed by atoms with van der Waals surface area (Å²) in [6.07, 6.45) is 4.93. The molecule has 4 aromatic heterocycles. The van der Waals surface area contributed by atoms with E-state index >= 15 is 0 Å². The first-order valence-corrected chi connectivity index (χ1v) is 8.44. The molecule has 8 heteroatoms. The smallest absolute Gasteiger partial charge is 0.346 e. The molecule has 0 aromatic carbocycles. The lowest BCUT2D eigenvalue weighted by molar-refractivity contribution is -0.137. The van der Waals surface area contributed by atoms with Crippen molar-refractivity contribution in [3.63, 3.8) is 0 Å². The van der Waals surface area contributed by atoms with Gasteiger partial charge in [0.05, 0.1) is 11.8 Å². The molecule has 1 N–H and O–H groups in total. The fourth-order valence-corrected chi connectivity index (χ4v) is 3.10. The fraction of sp³-hybridized carbons (Fsp3) is 0.150. The maximum Gasteiger partial charge on any atom is 0.417 e. The Bertz CT molecular complexity index is 1130. The summed E-state index contributed by atoms with van der Waals surface area (Å²) in [6.45, 7) is 0. The lowest BCUT2D eigenvalue weighted by atomic mass is 10.0. The number of H-pyrrole nitrogens is 1. The van der Waals surface area contributed by atoms with Gasteiger partial charge in [-0.3, -0.25) is 9.97 Å². The molecule has 4 heterocycles. The first kappa shape index (κ1) is 18.1. The zero-order valence-corrected chi connectivity index (χ0v) is 14.5. The van der Waals surface area contributed by atoms with E-state index in [1.54, 1.807) is 24.8 Å². The van der Waals surface area contributed by atoms with Crippen molar-refractivity contribution in [2.45, 2.75) is 19.0 Å². The van der Waals surface area contributed by atoms with Crippen molar-refractivity contribution in [2.75, 3.05) is 0 Å². The quantitative estimate of drug-likeness (QED) is 0.518. The van der Waals surface area contributed by atoms with Crippen LogP contribution in [0.25, 0.3) is 11.0 Å². The first-order valence-electron chi connectivity index (χ1n) is 8.44. The van der Waals surface area contributed by atoms with Gasteiger partial charge in [0.25, 0.3) is 0 Å². The van der Waals surface area contributed by atoms with Crippen LogP contribution in [0.1, 0.15) is 27.8 Å². The van der Waals surface area contributed by atoms with Crippen LogP contribution < -0.4 is 0 Å². The van der Waals surface area contributed by atoms with Crippen LogP contribution >= 0.6 is 0 Å². The summed E-state index contributed by atoms with van der Waals surface area (Å²) in [7, 11) is 0. The Balaban J connectivity index is 1.61. The van der Waals surface area contributed by atoms with Crippen LogP contribution in [-0.2, 0) is 19.0 Å². The maximum atomic E-state index is 13.3. The van der Waals surface area contributed by atoms with Gasteiger partial charge in [0.1, 0.15) is 11.5 Å². The second kappa shape index (κ2) is 7.03. The van der Waals surface area contributed by atoms with Gasteiger partial charge in [0.15, 0.2) is 0 Å². The van der Waals surface area contributed by atoms with E-state index in [9.17, 15) is 17.6 Å². The number of halogens is 4. The highest BCUT2D eigenvalue weighted by Gasteiger charge is 2.31. The molecule has 0 radical (unpaired) electrons. The number of aromatic nitrogens is 4. The molecule has 28 heavy (non-hydrogen) atoms. The summed E-state index contributed by atoms with van der Waals surface area (Å²) in [5, 5.41) is 0.426. The zero-order chi connectivity index (χ0) is 19.7. The van der Waals surface area contributed by atoms with Gasteiger partial charge in [-0.15, -0.1) is 0 Å². The molecule has 0 bridgehead atoms. The van der Waals surface area contributed by atoms with Gasteiger partial charge in [0.2, 0.25) is 0 Å². The number of alkyl halides is 3. The number of hydrogen-bond acceptors (Lipinski definition) is 3. The average Bonchev–Trinajstić information content (AvgIpc) is 3.03. The molecule has 0 aliphatic heterocycles. The Morgan fingerprint density at radius 1 is 0.821 bits per heavy atom. The topological polar surface area (TPSA) is 54.5 Å². The molecular weight excluding hydrogens is 372 g/mol. The second-order valence-electron chi connectivity index (χ2n) is 6.50. The van der Waals surface area contributed by atoms with E-state index < -0.39 is 17.6 Å². The number of hydrogen-bond donors (Lipinski definition) is 1. The standard InChI is InChI=1S/C20H14F4N4/c21-17-4-14(8-26-11-17)2-12-1-13(7-25-6-12)3-15-9-27-19-18(15)5-16(10-28-19)20(22,23)24/h1,4-11H,2-3H2,(H,27,28). The summed E-state index contributed by atoms with van der Waals surface area (Å²) in [5.41, 5.74) is 2.72. The van der Waals surface area contributed by atoms with Gasteiger partial charge in [-0.25, -0.2) is 9.37 Å². The van der Waals surface area contributed by atoms with Gasteiger partial charge >= 0.3 is 6.18 Å². The van der Waals surface area contributed by atoms with Crippen molar-refractivity contribution < 1.29 is 17.6 Å². The van der Waals surface area contributed by atoms with Gasteiger partial charge in [-0.2, -0.15) is 13.2 Å². The number of fused-ring (bicyclic) bond motifs is 1. The largest absolute Gasteiger partial charge is 0.417 e. The number of nitrogens with one attached hydrogen (secondary N) is 1. The monoisotopic (exact) mass is 386 g/mol. The van der Waals surface area contributed by atoms with Gasteiger partial charge < -0.3 is 4.98 Å². The molecule has 0 aliphatic carbocycles. The predicted octanol–water partition coefficient (Wildman–Crippen LogP) is 4.69. The van der Waals surface area contributed by atoms with Crippen LogP contribution in [0.2, 0.25) is 0 Å². The van der Waals surface area contributed by atoms with E-state index in [-0.39, 0.29) is 0 Å². The number of rotatable bonds is 4. The summed E-state index contributed by atoms with van der Waals surface area (Å²) in [5.74, 6) is -0.409. The van der Waals surface area contributed by atoms with Crippen molar-refractivity contribution >= 4 is 11.0 Å².